The molecule has 1 atom stereocenters. The second kappa shape index (κ2) is 11.9. The van der Waals surface area contributed by atoms with Crippen LogP contribution in [0.2, 0.25) is 0 Å². The molecule has 0 aromatic rings. The number of aliphatic hydroxyl groups is 1. The highest BCUT2D eigenvalue weighted by molar-refractivity contribution is 8.17. The Morgan fingerprint density at radius 1 is 0.390 bits per heavy atom. The fourth-order valence-corrected chi connectivity index (χ4v) is 4.76. The van der Waals surface area contributed by atoms with Crippen LogP contribution in [0.5, 0.6) is 0 Å². The minimum absolute atomic E-state index is 0.295. The lowest BCUT2D eigenvalue weighted by Gasteiger charge is -2.39. The summed E-state index contributed by atoms with van der Waals surface area (Å²) in [6.45, 7) is -1.44. The number of hydrogen-bond acceptors (Lipinski definition) is 3. The first-order valence-corrected chi connectivity index (χ1v) is 11.7. The van der Waals surface area contributed by atoms with Gasteiger partial charge in [0.1, 0.15) is 0 Å². The van der Waals surface area contributed by atoms with Gasteiger partial charge >= 0.3 is 59.7 Å². The Morgan fingerprint density at radius 2 is 0.634 bits per heavy atom. The van der Waals surface area contributed by atoms with Crippen LogP contribution in [-0.4, -0.2) is 87.5 Å². The number of alkyl halides is 22. The van der Waals surface area contributed by atoms with E-state index in [1.54, 1.807) is 0 Å². The van der Waals surface area contributed by atoms with Gasteiger partial charge in [-0.05, 0) is 0 Å². The third-order valence-electron chi connectivity index (χ3n) is 4.80. The molecule has 0 aliphatic carbocycles. The van der Waals surface area contributed by atoms with Gasteiger partial charge in [-0.1, -0.05) is 0 Å². The van der Waals surface area contributed by atoms with Crippen LogP contribution in [-0.2, 0) is 0 Å². The van der Waals surface area contributed by atoms with Crippen molar-refractivity contribution < 1.29 is 102 Å². The van der Waals surface area contributed by atoms with Crippen molar-refractivity contribution in [2.45, 2.75) is 77.2 Å². The predicted octanol–water partition coefficient (Wildman–Crippen LogP) is 8.76. The fraction of sp³-hybridized carbons (Fsp3) is 1.00. The molecule has 0 aromatic heterocycles. The molecule has 1 N–H and O–H groups in total. The summed E-state index contributed by atoms with van der Waals surface area (Å²) in [6.07, 6.45) is -20.1. The van der Waals surface area contributed by atoms with Crippen LogP contribution in [0.15, 0.2) is 0 Å². The topological polar surface area (TPSA) is 20.2 Å². The van der Waals surface area contributed by atoms with Gasteiger partial charge < -0.3 is 5.11 Å². The molecule has 1 unspecified atom stereocenters. The maximum absolute atomic E-state index is 13.7. The second-order valence-electron chi connectivity index (χ2n) is 7.70. The highest BCUT2D eigenvalue weighted by Gasteiger charge is 2.90. The molecule has 0 amide bonds. The van der Waals surface area contributed by atoms with E-state index >= 15 is 0 Å². The average molecular weight is 702 g/mol. The van der Waals surface area contributed by atoms with E-state index < -0.39 is 95.3 Å². The van der Waals surface area contributed by atoms with Crippen LogP contribution in [0.1, 0.15) is 12.8 Å². The number of rotatable bonds is 15. The fourth-order valence-electron chi connectivity index (χ4n) is 2.31. The molecule has 1 nitrogen and oxygen atoms in total. The maximum Gasteiger partial charge on any atom is 0.460 e. The summed E-state index contributed by atoms with van der Waals surface area (Å²) in [6, 6.07) is 0. The van der Waals surface area contributed by atoms with Crippen molar-refractivity contribution in [2.24, 2.45) is 0 Å². The van der Waals surface area contributed by atoms with Crippen LogP contribution >= 0.6 is 23.5 Å². The van der Waals surface area contributed by atoms with Crippen LogP contribution < -0.4 is 0 Å². The van der Waals surface area contributed by atoms with Crippen LogP contribution in [0.3, 0.4) is 0 Å². The van der Waals surface area contributed by atoms with Crippen molar-refractivity contribution in [3.8, 4) is 0 Å². The van der Waals surface area contributed by atoms with Crippen molar-refractivity contribution in [1.82, 2.24) is 0 Å². The van der Waals surface area contributed by atoms with Gasteiger partial charge in [0.15, 0.2) is 0 Å². The summed E-state index contributed by atoms with van der Waals surface area (Å²) < 4.78 is 282. The molecule has 0 radical (unpaired) electrons. The van der Waals surface area contributed by atoms with Gasteiger partial charge in [-0.15, -0.1) is 23.5 Å². The normalized spacial score (nSPS) is 16.8. The molecule has 0 spiro atoms. The van der Waals surface area contributed by atoms with E-state index in [1.807, 2.05) is 0 Å². The van der Waals surface area contributed by atoms with Gasteiger partial charge in [0.25, 0.3) is 0 Å². The third-order valence-corrected chi connectivity index (χ3v) is 7.53. The lowest BCUT2D eigenvalue weighted by molar-refractivity contribution is -0.439. The summed E-state index contributed by atoms with van der Waals surface area (Å²) in [4.78, 5) is 0. The minimum Gasteiger partial charge on any atom is -0.394 e. The molecule has 0 heterocycles. The Hall–Kier alpha value is -0.880. The van der Waals surface area contributed by atoms with Crippen molar-refractivity contribution in [3.05, 3.63) is 0 Å². The van der Waals surface area contributed by atoms with Crippen LogP contribution in [0, 0.1) is 0 Å². The Bertz CT molecular complexity index is 863. The Labute approximate surface area is 221 Å². The number of aliphatic hydroxyl groups excluding tert-OH is 1. The SMILES string of the molecule is OCC(SCCC(F)(F)C(F)(F)C(F)(F)C(F)(F)F)SCCC(F)(F)C(F)(F)C(F)(F)C(F)(F)C(F)(F)C(F)(F)F. The van der Waals surface area contributed by atoms with E-state index in [-0.39, 0.29) is 23.5 Å². The highest BCUT2D eigenvalue weighted by Crippen LogP contribution is 2.61. The minimum atomic E-state index is -8.15. The molecule has 248 valence electrons. The monoisotopic (exact) mass is 702 g/mol. The first-order chi connectivity index (χ1) is 17.6. The zero-order chi connectivity index (χ0) is 33.5. The van der Waals surface area contributed by atoms with Gasteiger partial charge in [0.2, 0.25) is 0 Å². The van der Waals surface area contributed by atoms with E-state index in [0.29, 0.717) is 0 Å². The average Bonchev–Trinajstić information content (AvgIpc) is 2.75. The molecule has 0 aliphatic rings. The van der Waals surface area contributed by atoms with Crippen molar-refractivity contribution in [3.63, 3.8) is 0 Å². The summed E-state index contributed by atoms with van der Waals surface area (Å²) in [7, 11) is 0. The van der Waals surface area contributed by atoms with Crippen molar-refractivity contribution >= 4 is 23.5 Å². The van der Waals surface area contributed by atoms with E-state index in [9.17, 15) is 96.6 Å². The lowest BCUT2D eigenvalue weighted by Crippen LogP contribution is -2.70. The van der Waals surface area contributed by atoms with Gasteiger partial charge in [-0.3, -0.25) is 0 Å². The Balaban J connectivity index is 5.51. The lowest BCUT2D eigenvalue weighted by atomic mass is 9.93. The zero-order valence-corrected chi connectivity index (χ0v) is 20.3. The first-order valence-electron chi connectivity index (χ1n) is 9.64. The number of halogens is 22. The molecule has 0 saturated heterocycles. The van der Waals surface area contributed by atoms with E-state index in [0.717, 1.165) is 0 Å². The van der Waals surface area contributed by atoms with Gasteiger partial charge in [-0.25, -0.2) is 0 Å². The molecule has 0 saturated carbocycles. The molecular weight excluding hydrogens is 690 g/mol. The number of hydrogen-bond donors (Lipinski definition) is 1. The smallest absolute Gasteiger partial charge is 0.394 e. The summed E-state index contributed by atoms with van der Waals surface area (Å²) in [5.41, 5.74) is 0. The predicted molar refractivity (Wildman–Crippen MR) is 96.7 cm³/mol. The molecule has 0 bridgehead atoms. The van der Waals surface area contributed by atoms with E-state index in [1.165, 1.54) is 0 Å². The van der Waals surface area contributed by atoms with E-state index in [2.05, 4.69) is 0 Å². The molecule has 0 aliphatic heterocycles. The summed E-state index contributed by atoms with van der Waals surface area (Å²) >= 11 is -0.656. The molecule has 0 fully saturated rings. The van der Waals surface area contributed by atoms with Gasteiger partial charge in [0.05, 0.1) is 11.2 Å². The summed E-state index contributed by atoms with van der Waals surface area (Å²) in [5.74, 6) is -62.1. The third kappa shape index (κ3) is 7.10. The van der Waals surface area contributed by atoms with Gasteiger partial charge in [-0.2, -0.15) is 96.6 Å². The standard InChI is InChI=1S/C16H12F22OS2/c17-7(18,9(21,22)11(25,26)12(27,28)14(31,32)16(36,37)38)1-3-40-6(5-39)41-4-2-8(19,20)10(23,24)13(29,30)15(33,34)35/h6,39H,1-5H2. The summed E-state index contributed by atoms with van der Waals surface area (Å²) in [5, 5.41) is 8.95. The maximum atomic E-state index is 13.7. The molecule has 25 heteroatoms. The Kier molecular flexibility index (Phi) is 11.6. The zero-order valence-electron chi connectivity index (χ0n) is 18.7. The number of thioether (sulfide) groups is 2. The molecule has 41 heavy (non-hydrogen) atoms. The first kappa shape index (κ1) is 40.1. The largest absolute Gasteiger partial charge is 0.460 e. The van der Waals surface area contributed by atoms with Crippen molar-refractivity contribution in [1.29, 1.82) is 0 Å². The van der Waals surface area contributed by atoms with Crippen molar-refractivity contribution in [2.75, 3.05) is 18.1 Å². The van der Waals surface area contributed by atoms with E-state index in [4.69, 9.17) is 5.11 Å². The van der Waals surface area contributed by atoms with Crippen LogP contribution in [0.25, 0.3) is 0 Å². The molecule has 0 rings (SSSR count). The van der Waals surface area contributed by atoms with Gasteiger partial charge in [0, 0.05) is 24.3 Å². The molecular formula is C16H12F22OS2. The second-order valence-corrected chi connectivity index (χ2v) is 10.6. The Morgan fingerprint density at radius 3 is 0.902 bits per heavy atom. The van der Waals surface area contributed by atoms with Crippen LogP contribution in [0.4, 0.5) is 96.6 Å². The molecule has 0 aromatic carbocycles. The highest BCUT2D eigenvalue weighted by atomic mass is 32.2. The quantitative estimate of drug-likeness (QED) is 0.136.